The van der Waals surface area contributed by atoms with Gasteiger partial charge in [-0.2, -0.15) is 0 Å². The van der Waals surface area contributed by atoms with E-state index in [0.717, 1.165) is 38.5 Å². The van der Waals surface area contributed by atoms with E-state index in [4.69, 9.17) is 18.5 Å². The minimum Gasteiger partial charge on any atom is -0.462 e. The van der Waals surface area contributed by atoms with Gasteiger partial charge in [-0.05, 0) is 51.4 Å². The molecule has 1 fully saturated rings. The SMILES string of the molecule is CC/C=C/C=C/C=C/C=C/CCCCCC(=O)OCC(COP(=O)(O)OC1C(O)C(O)C(O)[C@@H](O)C1O)OC(=O)CC/C=C/C/C=C/CCCCCCCC. The fourth-order valence-corrected chi connectivity index (χ4v) is 6.38. The molecule has 7 unspecified atom stereocenters. The molecule has 14 heteroatoms. The smallest absolute Gasteiger partial charge is 0.462 e. The van der Waals surface area contributed by atoms with Crippen LogP contribution in [-0.2, 0) is 32.7 Å². The molecule has 0 aromatic rings. The number of esters is 2. The van der Waals surface area contributed by atoms with Crippen molar-refractivity contribution in [3.05, 3.63) is 72.9 Å². The van der Waals surface area contributed by atoms with E-state index < -0.39 is 75.7 Å². The maximum atomic E-state index is 12.7. The molecule has 1 aliphatic carbocycles. The molecule has 55 heavy (non-hydrogen) atoms. The fourth-order valence-electron chi connectivity index (χ4n) is 5.41. The van der Waals surface area contributed by atoms with Crippen LogP contribution < -0.4 is 0 Å². The van der Waals surface area contributed by atoms with Crippen LogP contribution in [0.25, 0.3) is 0 Å². The van der Waals surface area contributed by atoms with Crippen LogP contribution in [0.1, 0.15) is 117 Å². The van der Waals surface area contributed by atoms with Crippen molar-refractivity contribution in [2.24, 2.45) is 0 Å². The van der Waals surface area contributed by atoms with Gasteiger partial charge in [-0.3, -0.25) is 18.6 Å². The van der Waals surface area contributed by atoms with Crippen molar-refractivity contribution in [3.63, 3.8) is 0 Å². The number of carbonyl (C=O) groups excluding carboxylic acids is 2. The number of rotatable bonds is 30. The molecule has 0 aromatic heterocycles. The van der Waals surface area contributed by atoms with Crippen LogP contribution in [0.3, 0.4) is 0 Å². The largest absolute Gasteiger partial charge is 0.472 e. The number of phosphoric acid groups is 1. The number of aliphatic hydroxyl groups excluding tert-OH is 5. The number of allylic oxidation sites excluding steroid dienone is 12. The molecule has 1 aliphatic rings. The molecule has 0 spiro atoms. The zero-order valence-electron chi connectivity index (χ0n) is 32.7. The third-order valence-corrected chi connectivity index (χ3v) is 9.62. The van der Waals surface area contributed by atoms with Gasteiger partial charge in [0.25, 0.3) is 0 Å². The van der Waals surface area contributed by atoms with Crippen molar-refractivity contribution in [1.82, 2.24) is 0 Å². The Morgan fingerprint density at radius 3 is 1.80 bits per heavy atom. The molecule has 0 aliphatic heterocycles. The lowest BCUT2D eigenvalue weighted by Crippen LogP contribution is -2.64. The molecular weight excluding hydrogens is 731 g/mol. The number of hydrogen-bond acceptors (Lipinski definition) is 12. The normalized spacial score (nSPS) is 23.9. The van der Waals surface area contributed by atoms with Gasteiger partial charge >= 0.3 is 19.8 Å². The molecule has 314 valence electrons. The highest BCUT2D eigenvalue weighted by molar-refractivity contribution is 7.47. The van der Waals surface area contributed by atoms with Crippen LogP contribution in [0.15, 0.2) is 72.9 Å². The van der Waals surface area contributed by atoms with Crippen molar-refractivity contribution in [3.8, 4) is 0 Å². The standard InChI is InChI=1S/C41H67O13P/c1-3-5-7-9-11-13-15-17-19-21-23-25-27-29-34(42)51-31-33(32-52-55(49,50)54-41-39(47)37(45)36(44)38(46)40(41)48)53-35(43)30-28-26-24-22-20-18-16-14-12-10-8-6-4-2/h5,7,9,11,13,15,17-20,24,26,33,36-41,44-48H,3-4,6,8,10,12,14,16,21-23,25,27-32H2,1-2H3,(H,49,50)/b7-5+,11-9+,15-13+,19-17+,20-18+,26-24+/t33?,36?,37-,38?,39?,40?,41?/m1/s1. The maximum Gasteiger partial charge on any atom is 0.472 e. The number of hydrogen-bond donors (Lipinski definition) is 6. The third-order valence-electron chi connectivity index (χ3n) is 8.64. The molecule has 13 nitrogen and oxygen atoms in total. The molecule has 0 amide bonds. The Kier molecular flexibility index (Phi) is 28.7. The Bertz CT molecular complexity index is 1240. The van der Waals surface area contributed by atoms with E-state index in [1.807, 2.05) is 54.7 Å². The van der Waals surface area contributed by atoms with Crippen molar-refractivity contribution >= 4 is 19.8 Å². The highest BCUT2D eigenvalue weighted by Gasteiger charge is 2.51. The predicted molar refractivity (Wildman–Crippen MR) is 212 cm³/mol. The van der Waals surface area contributed by atoms with E-state index in [9.17, 15) is 44.6 Å². The molecule has 0 bridgehead atoms. The van der Waals surface area contributed by atoms with Crippen LogP contribution in [0.2, 0.25) is 0 Å². The summed E-state index contributed by atoms with van der Waals surface area (Å²) in [4.78, 5) is 35.4. The molecule has 0 radical (unpaired) electrons. The van der Waals surface area contributed by atoms with E-state index in [2.05, 4.69) is 32.1 Å². The second-order valence-corrected chi connectivity index (χ2v) is 14.9. The molecule has 8 atom stereocenters. The lowest BCUT2D eigenvalue weighted by molar-refractivity contribution is -0.220. The number of ether oxygens (including phenoxy) is 2. The van der Waals surface area contributed by atoms with Gasteiger partial charge in [-0.1, -0.05) is 125 Å². The highest BCUT2D eigenvalue weighted by Crippen LogP contribution is 2.47. The van der Waals surface area contributed by atoms with Crippen molar-refractivity contribution in [2.75, 3.05) is 13.2 Å². The first kappa shape index (κ1) is 50.3. The fraction of sp³-hybridized carbons (Fsp3) is 0.659. The van der Waals surface area contributed by atoms with Crippen LogP contribution in [0.4, 0.5) is 0 Å². The maximum absolute atomic E-state index is 12.7. The van der Waals surface area contributed by atoms with Gasteiger partial charge in [0.15, 0.2) is 6.10 Å². The lowest BCUT2D eigenvalue weighted by Gasteiger charge is -2.41. The summed E-state index contributed by atoms with van der Waals surface area (Å²) in [5.74, 6) is -1.23. The summed E-state index contributed by atoms with van der Waals surface area (Å²) in [5.41, 5.74) is 0. The van der Waals surface area contributed by atoms with Gasteiger partial charge < -0.3 is 39.9 Å². The molecule has 6 N–H and O–H groups in total. The molecule has 0 heterocycles. The predicted octanol–water partition coefficient (Wildman–Crippen LogP) is 6.38. The summed E-state index contributed by atoms with van der Waals surface area (Å²) in [5, 5.41) is 49.9. The summed E-state index contributed by atoms with van der Waals surface area (Å²) in [7, 11) is -5.14. The van der Waals surface area contributed by atoms with Crippen LogP contribution in [-0.4, -0.2) is 98.3 Å². The summed E-state index contributed by atoms with van der Waals surface area (Å²) in [6.07, 6.45) is 24.3. The van der Waals surface area contributed by atoms with E-state index in [1.165, 1.54) is 38.5 Å². The average Bonchev–Trinajstić information content (AvgIpc) is 3.16. The lowest BCUT2D eigenvalue weighted by atomic mass is 9.85. The molecular formula is C41H67O13P. The third kappa shape index (κ3) is 24.5. The monoisotopic (exact) mass is 798 g/mol. The topological polar surface area (TPSA) is 210 Å². The van der Waals surface area contributed by atoms with Crippen LogP contribution >= 0.6 is 7.82 Å². The number of aliphatic hydroxyl groups is 5. The minimum atomic E-state index is -5.14. The first-order valence-corrected chi connectivity index (χ1v) is 21.3. The highest BCUT2D eigenvalue weighted by atomic mass is 31.2. The summed E-state index contributed by atoms with van der Waals surface area (Å²) in [6.45, 7) is 3.02. The number of phosphoric ester groups is 1. The quantitative estimate of drug-likeness (QED) is 0.0153. The van der Waals surface area contributed by atoms with Gasteiger partial charge in [0.05, 0.1) is 6.61 Å². The zero-order valence-corrected chi connectivity index (χ0v) is 33.6. The Morgan fingerprint density at radius 2 is 1.15 bits per heavy atom. The van der Waals surface area contributed by atoms with Crippen molar-refractivity contribution in [1.29, 1.82) is 0 Å². The number of unbranched alkanes of at least 4 members (excludes halogenated alkanes) is 9. The summed E-state index contributed by atoms with van der Waals surface area (Å²) < 4.78 is 33.2. The van der Waals surface area contributed by atoms with Gasteiger partial charge in [-0.25, -0.2) is 4.57 Å². The second-order valence-electron chi connectivity index (χ2n) is 13.5. The van der Waals surface area contributed by atoms with E-state index in [0.29, 0.717) is 12.8 Å². The molecule has 0 aromatic carbocycles. The van der Waals surface area contributed by atoms with Gasteiger partial charge in [0, 0.05) is 12.8 Å². The van der Waals surface area contributed by atoms with Gasteiger partial charge in [0.2, 0.25) is 0 Å². The summed E-state index contributed by atoms with van der Waals surface area (Å²) >= 11 is 0. The van der Waals surface area contributed by atoms with E-state index in [-0.39, 0.29) is 12.8 Å². The Balaban J connectivity index is 2.62. The van der Waals surface area contributed by atoms with E-state index in [1.54, 1.807) is 0 Å². The van der Waals surface area contributed by atoms with E-state index >= 15 is 0 Å². The van der Waals surface area contributed by atoms with Crippen LogP contribution in [0, 0.1) is 0 Å². The van der Waals surface area contributed by atoms with Gasteiger partial charge in [-0.15, -0.1) is 0 Å². The number of carbonyl (C=O) groups is 2. The zero-order chi connectivity index (χ0) is 40.7. The summed E-state index contributed by atoms with van der Waals surface area (Å²) in [6, 6.07) is 0. The first-order valence-electron chi connectivity index (χ1n) is 19.8. The molecule has 1 rings (SSSR count). The molecule has 1 saturated carbocycles. The Labute approximate surface area is 327 Å². The Hall–Kier alpha value is -2.71. The second kappa shape index (κ2) is 31.4. The molecule has 0 saturated heterocycles. The minimum absolute atomic E-state index is 0.0223. The Morgan fingerprint density at radius 1 is 0.600 bits per heavy atom. The first-order chi connectivity index (χ1) is 26.4. The van der Waals surface area contributed by atoms with Gasteiger partial charge in [0.1, 0.15) is 43.2 Å². The average molecular weight is 799 g/mol. The van der Waals surface area contributed by atoms with Crippen molar-refractivity contribution < 1.29 is 63.1 Å². The van der Waals surface area contributed by atoms with Crippen LogP contribution in [0.5, 0.6) is 0 Å². The van der Waals surface area contributed by atoms with Crippen molar-refractivity contribution in [2.45, 2.75) is 159 Å².